The van der Waals surface area contributed by atoms with Crippen LogP contribution in [0.25, 0.3) is 5.57 Å². The molecule has 18 heavy (non-hydrogen) atoms. The summed E-state index contributed by atoms with van der Waals surface area (Å²) in [7, 11) is -3.16. The average molecular weight is 265 g/mol. The van der Waals surface area contributed by atoms with Gasteiger partial charge in [-0.3, -0.25) is 4.31 Å². The van der Waals surface area contributed by atoms with Gasteiger partial charge in [-0.15, -0.1) is 0 Å². The molecule has 1 aliphatic rings. The van der Waals surface area contributed by atoms with Crippen LogP contribution in [0.3, 0.4) is 0 Å². The smallest absolute Gasteiger partial charge is 0.231 e. The Balaban J connectivity index is 2.49. The van der Waals surface area contributed by atoms with Gasteiger partial charge in [0.05, 0.1) is 6.26 Å². The van der Waals surface area contributed by atoms with Crippen LogP contribution in [0.5, 0.6) is 0 Å². The highest BCUT2D eigenvalue weighted by molar-refractivity contribution is 7.88. The van der Waals surface area contributed by atoms with E-state index in [-0.39, 0.29) is 5.41 Å². The molecule has 1 heterocycles. The predicted molar refractivity (Wildman–Crippen MR) is 74.4 cm³/mol. The zero-order chi connectivity index (χ0) is 13.4. The lowest BCUT2D eigenvalue weighted by Gasteiger charge is -2.36. The van der Waals surface area contributed by atoms with E-state index in [9.17, 15) is 8.42 Å². The highest BCUT2D eigenvalue weighted by Gasteiger charge is 2.31. The summed E-state index contributed by atoms with van der Waals surface area (Å²) >= 11 is 0. The molecule has 0 N–H and O–H groups in total. The molecule has 0 saturated carbocycles. The van der Waals surface area contributed by atoms with Crippen molar-refractivity contribution in [2.75, 3.05) is 12.8 Å². The minimum Gasteiger partial charge on any atom is -0.277 e. The Kier molecular flexibility index (Phi) is 3.23. The van der Waals surface area contributed by atoms with Crippen LogP contribution in [-0.2, 0) is 10.0 Å². The fourth-order valence-electron chi connectivity index (χ4n) is 2.25. The standard InChI is InChI=1S/C14H19NO2S/c1-14(2)9-10-15(18(3,16)17)11-13(14)12-7-5-4-6-8-12/h4-8,11H,9-10H2,1-3H3. The Morgan fingerprint density at radius 1 is 1.17 bits per heavy atom. The molecule has 0 unspecified atom stereocenters. The number of hydrogen-bond donors (Lipinski definition) is 0. The van der Waals surface area contributed by atoms with E-state index in [1.807, 2.05) is 30.3 Å². The third-order valence-electron chi connectivity index (χ3n) is 3.47. The maximum atomic E-state index is 11.7. The molecule has 3 nitrogen and oxygen atoms in total. The number of hydrogen-bond acceptors (Lipinski definition) is 2. The van der Waals surface area contributed by atoms with Gasteiger partial charge in [-0.05, 0) is 23.0 Å². The lowest BCUT2D eigenvalue weighted by Crippen LogP contribution is -2.34. The summed E-state index contributed by atoms with van der Waals surface area (Å²) in [6, 6.07) is 9.98. The largest absolute Gasteiger partial charge is 0.277 e. The van der Waals surface area contributed by atoms with Crippen molar-refractivity contribution >= 4 is 15.6 Å². The molecule has 0 radical (unpaired) electrons. The first-order valence-corrected chi connectivity index (χ1v) is 7.90. The van der Waals surface area contributed by atoms with E-state index in [0.717, 1.165) is 17.6 Å². The van der Waals surface area contributed by atoms with Crippen molar-refractivity contribution in [2.24, 2.45) is 5.41 Å². The minimum absolute atomic E-state index is 0.00252. The van der Waals surface area contributed by atoms with Crippen molar-refractivity contribution in [3.63, 3.8) is 0 Å². The molecule has 0 aromatic heterocycles. The van der Waals surface area contributed by atoms with E-state index in [1.54, 1.807) is 6.20 Å². The van der Waals surface area contributed by atoms with Gasteiger partial charge < -0.3 is 0 Å². The zero-order valence-corrected chi connectivity index (χ0v) is 11.9. The SMILES string of the molecule is CC1(C)CCN(S(C)(=O)=O)C=C1c1ccccc1. The van der Waals surface area contributed by atoms with Crippen LogP contribution in [-0.4, -0.2) is 25.5 Å². The van der Waals surface area contributed by atoms with E-state index in [1.165, 1.54) is 10.6 Å². The highest BCUT2D eigenvalue weighted by Crippen LogP contribution is 2.41. The monoisotopic (exact) mass is 265 g/mol. The summed E-state index contributed by atoms with van der Waals surface area (Å²) in [5.41, 5.74) is 2.18. The Labute approximate surface area is 109 Å². The zero-order valence-electron chi connectivity index (χ0n) is 11.1. The summed E-state index contributed by atoms with van der Waals surface area (Å²) in [6.07, 6.45) is 3.87. The van der Waals surface area contributed by atoms with Crippen molar-refractivity contribution in [1.82, 2.24) is 4.31 Å². The second-order valence-corrected chi connectivity index (χ2v) is 7.35. The summed E-state index contributed by atoms with van der Waals surface area (Å²) in [5.74, 6) is 0. The second-order valence-electron chi connectivity index (χ2n) is 5.42. The Bertz CT molecular complexity index is 559. The van der Waals surface area contributed by atoms with Crippen LogP contribution >= 0.6 is 0 Å². The molecule has 0 fully saturated rings. The number of rotatable bonds is 2. The van der Waals surface area contributed by atoms with E-state index in [2.05, 4.69) is 13.8 Å². The molecule has 1 aromatic carbocycles. The second kappa shape index (κ2) is 4.43. The van der Waals surface area contributed by atoms with Crippen molar-refractivity contribution in [3.8, 4) is 0 Å². The summed E-state index contributed by atoms with van der Waals surface area (Å²) in [5, 5.41) is 0. The van der Waals surface area contributed by atoms with Gasteiger partial charge in [-0.2, -0.15) is 0 Å². The van der Waals surface area contributed by atoms with Gasteiger partial charge in [-0.25, -0.2) is 8.42 Å². The summed E-state index contributed by atoms with van der Waals surface area (Å²) in [4.78, 5) is 0. The molecule has 1 aromatic rings. The molecule has 0 amide bonds. The molecule has 4 heteroatoms. The van der Waals surface area contributed by atoms with E-state index < -0.39 is 10.0 Å². The normalized spacial score (nSPS) is 19.5. The van der Waals surface area contributed by atoms with E-state index in [4.69, 9.17) is 0 Å². The predicted octanol–water partition coefficient (Wildman–Crippen LogP) is 2.72. The molecule has 98 valence electrons. The van der Waals surface area contributed by atoms with Gasteiger partial charge in [0, 0.05) is 12.7 Å². The van der Waals surface area contributed by atoms with Crippen LogP contribution in [0.4, 0.5) is 0 Å². The lowest BCUT2D eigenvalue weighted by atomic mass is 9.76. The van der Waals surface area contributed by atoms with Gasteiger partial charge in [0.15, 0.2) is 0 Å². The molecule has 0 saturated heterocycles. The molecular weight excluding hydrogens is 246 g/mol. The van der Waals surface area contributed by atoms with Crippen LogP contribution < -0.4 is 0 Å². The first-order chi connectivity index (χ1) is 8.31. The van der Waals surface area contributed by atoms with Gasteiger partial charge in [-0.1, -0.05) is 44.2 Å². The average Bonchev–Trinajstić information content (AvgIpc) is 2.28. The highest BCUT2D eigenvalue weighted by atomic mass is 32.2. The topological polar surface area (TPSA) is 37.4 Å². The van der Waals surface area contributed by atoms with E-state index >= 15 is 0 Å². The van der Waals surface area contributed by atoms with Crippen molar-refractivity contribution in [2.45, 2.75) is 20.3 Å². The molecular formula is C14H19NO2S. The number of benzene rings is 1. The van der Waals surface area contributed by atoms with Crippen LogP contribution in [0.1, 0.15) is 25.8 Å². The maximum absolute atomic E-state index is 11.7. The lowest BCUT2D eigenvalue weighted by molar-refractivity contribution is 0.368. The third kappa shape index (κ3) is 2.58. The van der Waals surface area contributed by atoms with Crippen LogP contribution in [0, 0.1) is 5.41 Å². The first kappa shape index (κ1) is 13.1. The Morgan fingerprint density at radius 3 is 2.33 bits per heavy atom. The third-order valence-corrected chi connectivity index (χ3v) is 4.61. The quantitative estimate of drug-likeness (QED) is 0.824. The van der Waals surface area contributed by atoms with Gasteiger partial charge >= 0.3 is 0 Å². The van der Waals surface area contributed by atoms with Crippen molar-refractivity contribution < 1.29 is 8.42 Å². The molecule has 0 atom stereocenters. The molecule has 1 aliphatic heterocycles. The molecule has 0 aliphatic carbocycles. The van der Waals surface area contributed by atoms with Crippen molar-refractivity contribution in [1.29, 1.82) is 0 Å². The minimum atomic E-state index is -3.16. The van der Waals surface area contributed by atoms with Crippen LogP contribution in [0.2, 0.25) is 0 Å². The number of sulfonamides is 1. The number of allylic oxidation sites excluding steroid dienone is 1. The van der Waals surface area contributed by atoms with Gasteiger partial charge in [0.1, 0.15) is 0 Å². The molecule has 0 spiro atoms. The Morgan fingerprint density at radius 2 is 1.78 bits per heavy atom. The van der Waals surface area contributed by atoms with Crippen molar-refractivity contribution in [3.05, 3.63) is 42.1 Å². The van der Waals surface area contributed by atoms with Gasteiger partial charge in [0.25, 0.3) is 0 Å². The fraction of sp³-hybridized carbons (Fsp3) is 0.429. The Hall–Kier alpha value is -1.29. The van der Waals surface area contributed by atoms with Crippen LogP contribution in [0.15, 0.2) is 36.5 Å². The molecule has 0 bridgehead atoms. The summed E-state index contributed by atoms with van der Waals surface area (Å²) < 4.78 is 24.8. The van der Waals surface area contributed by atoms with Gasteiger partial charge in [0.2, 0.25) is 10.0 Å². The summed E-state index contributed by atoms with van der Waals surface area (Å²) in [6.45, 7) is 4.87. The first-order valence-electron chi connectivity index (χ1n) is 6.05. The number of nitrogens with zero attached hydrogens (tertiary/aromatic N) is 1. The molecule has 2 rings (SSSR count). The fourth-order valence-corrected chi connectivity index (χ4v) is 2.97. The van der Waals surface area contributed by atoms with E-state index in [0.29, 0.717) is 6.54 Å². The maximum Gasteiger partial charge on any atom is 0.231 e.